The van der Waals surface area contributed by atoms with Crippen molar-refractivity contribution in [1.82, 2.24) is 0 Å². The molecule has 1 aliphatic carbocycles. The molecule has 1 atom stereocenters. The van der Waals surface area contributed by atoms with Crippen molar-refractivity contribution in [3.63, 3.8) is 0 Å². The second-order valence-electron chi connectivity index (χ2n) is 14.8. The summed E-state index contributed by atoms with van der Waals surface area (Å²) in [4.78, 5) is 0. The lowest BCUT2D eigenvalue weighted by atomic mass is 9.63. The fourth-order valence-corrected chi connectivity index (χ4v) is 9.76. The van der Waals surface area contributed by atoms with Gasteiger partial charge in [0.05, 0.1) is 10.8 Å². The molecule has 0 saturated heterocycles. The highest BCUT2D eigenvalue weighted by Gasteiger charge is 2.47. The van der Waals surface area contributed by atoms with Crippen LogP contribution in [0.25, 0.3) is 33.0 Å². The van der Waals surface area contributed by atoms with Crippen molar-refractivity contribution in [2.75, 3.05) is 0 Å². The molecule has 1 aliphatic heterocycles. The van der Waals surface area contributed by atoms with Gasteiger partial charge in [-0.3, -0.25) is 0 Å². The van der Waals surface area contributed by atoms with Crippen LogP contribution in [-0.4, -0.2) is 0 Å². The lowest BCUT2D eigenvalue weighted by molar-refractivity contribution is 0.435. The Balaban J connectivity index is 1.14. The van der Waals surface area contributed by atoms with Gasteiger partial charge in [-0.25, -0.2) is 0 Å². The molecule has 55 heavy (non-hydrogen) atoms. The number of fused-ring (bicyclic) bond motifs is 6. The van der Waals surface area contributed by atoms with Gasteiger partial charge in [0.2, 0.25) is 0 Å². The highest BCUT2D eigenvalue weighted by Crippen LogP contribution is 2.58. The summed E-state index contributed by atoms with van der Waals surface area (Å²) in [7, 11) is 0. The molecule has 1 heterocycles. The number of hydrogen-bond acceptors (Lipinski definition) is 1. The Kier molecular flexibility index (Phi) is 7.06. The molecule has 0 N–H and O–H groups in total. The molecular formula is C54H36O. The van der Waals surface area contributed by atoms with Gasteiger partial charge in [-0.1, -0.05) is 188 Å². The smallest absolute Gasteiger partial charge is 0.132 e. The summed E-state index contributed by atoms with van der Waals surface area (Å²) < 4.78 is 6.89. The number of para-hydroxylation sites is 1. The van der Waals surface area contributed by atoms with Gasteiger partial charge in [0, 0.05) is 11.1 Å². The van der Waals surface area contributed by atoms with Crippen LogP contribution >= 0.6 is 0 Å². The Labute approximate surface area is 321 Å². The van der Waals surface area contributed by atoms with Gasteiger partial charge in [-0.05, 0) is 96.7 Å². The van der Waals surface area contributed by atoms with Gasteiger partial charge in [-0.2, -0.15) is 0 Å². The van der Waals surface area contributed by atoms with Crippen LogP contribution in [0.4, 0.5) is 0 Å². The maximum Gasteiger partial charge on any atom is 0.132 e. The SMILES string of the molecule is c1ccc(C2(c3ccccc3)c3ccccc3Oc3cc(-c4cccc(C5(c6ccccc6)c6ccccc6-c6cc7ccccc7cc65)c4)ccc32)cc1. The van der Waals surface area contributed by atoms with Crippen LogP contribution in [-0.2, 0) is 10.8 Å². The summed E-state index contributed by atoms with van der Waals surface area (Å²) in [5.41, 5.74) is 13.6. The number of hydrogen-bond donors (Lipinski definition) is 0. The van der Waals surface area contributed by atoms with Crippen LogP contribution < -0.4 is 4.74 Å². The van der Waals surface area contributed by atoms with E-state index in [-0.39, 0.29) is 0 Å². The summed E-state index contributed by atoms with van der Waals surface area (Å²) in [6.45, 7) is 0. The summed E-state index contributed by atoms with van der Waals surface area (Å²) in [6, 6.07) is 79.9. The third kappa shape index (κ3) is 4.54. The number of rotatable bonds is 5. The van der Waals surface area contributed by atoms with Crippen molar-refractivity contribution in [2.24, 2.45) is 0 Å². The maximum atomic E-state index is 6.89. The zero-order valence-electron chi connectivity index (χ0n) is 30.2. The van der Waals surface area contributed by atoms with Gasteiger partial charge < -0.3 is 4.74 Å². The Morgan fingerprint density at radius 3 is 1.47 bits per heavy atom. The molecule has 0 spiro atoms. The normalized spacial score (nSPS) is 16.0. The van der Waals surface area contributed by atoms with Crippen LogP contribution in [0.1, 0.15) is 44.5 Å². The highest BCUT2D eigenvalue weighted by atomic mass is 16.5. The maximum absolute atomic E-state index is 6.89. The Morgan fingerprint density at radius 2 is 0.782 bits per heavy atom. The van der Waals surface area contributed by atoms with Crippen LogP contribution in [0.2, 0.25) is 0 Å². The number of ether oxygens (including phenoxy) is 1. The third-order valence-electron chi connectivity index (χ3n) is 12.1. The zero-order chi connectivity index (χ0) is 36.4. The molecule has 0 saturated carbocycles. The lowest BCUT2D eigenvalue weighted by Gasteiger charge is -2.41. The molecule has 0 amide bonds. The van der Waals surface area contributed by atoms with E-state index in [2.05, 4.69) is 218 Å². The van der Waals surface area contributed by atoms with Crippen molar-refractivity contribution in [3.8, 4) is 33.8 Å². The minimum absolute atomic E-state index is 0.507. The first kappa shape index (κ1) is 31.6. The van der Waals surface area contributed by atoms with Crippen molar-refractivity contribution in [1.29, 1.82) is 0 Å². The van der Waals surface area contributed by atoms with E-state index in [0.717, 1.165) is 33.8 Å². The first-order chi connectivity index (χ1) is 27.3. The molecule has 0 aromatic heterocycles. The van der Waals surface area contributed by atoms with Gasteiger partial charge in [-0.15, -0.1) is 0 Å². The molecule has 11 rings (SSSR count). The average molecular weight is 701 g/mol. The van der Waals surface area contributed by atoms with E-state index in [1.807, 2.05) is 0 Å². The standard InChI is InChI=1S/C54H36O/c1-4-20-41(21-5-1)53(42-22-6-2-7-23-42)48-29-14-15-30-51(48)55-52-36-40(31-32-49(52)53)37-19-16-26-44(33-37)54(43-24-8-3-9-25-43)47-28-13-12-27-45(47)46-34-38-17-10-11-18-39(38)35-50(46)54/h1-36H. The van der Waals surface area contributed by atoms with E-state index in [9.17, 15) is 0 Å². The fourth-order valence-electron chi connectivity index (χ4n) is 9.76. The Bertz CT molecular complexity index is 2850. The molecule has 9 aromatic carbocycles. The molecule has 258 valence electrons. The van der Waals surface area contributed by atoms with E-state index in [1.54, 1.807) is 0 Å². The quantitative estimate of drug-likeness (QED) is 0.174. The van der Waals surface area contributed by atoms with Crippen LogP contribution in [0, 0.1) is 0 Å². The van der Waals surface area contributed by atoms with Crippen LogP contribution in [0.5, 0.6) is 11.5 Å². The topological polar surface area (TPSA) is 9.23 Å². The first-order valence-electron chi connectivity index (χ1n) is 19.1. The van der Waals surface area contributed by atoms with Crippen molar-refractivity contribution < 1.29 is 4.74 Å². The Morgan fingerprint density at radius 1 is 0.273 bits per heavy atom. The van der Waals surface area contributed by atoms with Gasteiger partial charge in [0.15, 0.2) is 0 Å². The first-order valence-corrected chi connectivity index (χ1v) is 19.1. The minimum Gasteiger partial charge on any atom is -0.457 e. The molecular weight excluding hydrogens is 665 g/mol. The van der Waals surface area contributed by atoms with Crippen LogP contribution in [0.15, 0.2) is 218 Å². The molecule has 1 unspecified atom stereocenters. The average Bonchev–Trinajstić information content (AvgIpc) is 3.55. The van der Waals surface area contributed by atoms with E-state index < -0.39 is 10.8 Å². The second kappa shape index (κ2) is 12.3. The number of benzene rings is 9. The fraction of sp³-hybridized carbons (Fsp3) is 0.0370. The van der Waals surface area contributed by atoms with Crippen molar-refractivity contribution in [2.45, 2.75) is 10.8 Å². The van der Waals surface area contributed by atoms with E-state index >= 15 is 0 Å². The summed E-state index contributed by atoms with van der Waals surface area (Å²) in [5.74, 6) is 1.75. The predicted octanol–water partition coefficient (Wildman–Crippen LogP) is 13.4. The van der Waals surface area contributed by atoms with Crippen molar-refractivity contribution >= 4 is 10.8 Å². The second-order valence-corrected chi connectivity index (χ2v) is 14.8. The molecule has 2 aliphatic rings. The molecule has 0 bridgehead atoms. The molecule has 0 radical (unpaired) electrons. The van der Waals surface area contributed by atoms with Gasteiger partial charge in [0.25, 0.3) is 0 Å². The monoisotopic (exact) mass is 700 g/mol. The zero-order valence-corrected chi connectivity index (χ0v) is 30.2. The largest absolute Gasteiger partial charge is 0.457 e. The molecule has 1 nitrogen and oxygen atoms in total. The molecule has 1 heteroatoms. The minimum atomic E-state index is -0.551. The summed E-state index contributed by atoms with van der Waals surface area (Å²) in [6.07, 6.45) is 0. The van der Waals surface area contributed by atoms with Crippen LogP contribution in [0.3, 0.4) is 0 Å². The van der Waals surface area contributed by atoms with E-state index in [4.69, 9.17) is 4.74 Å². The Hall–Kier alpha value is -6.96. The highest BCUT2D eigenvalue weighted by molar-refractivity contribution is 5.96. The summed E-state index contributed by atoms with van der Waals surface area (Å²) >= 11 is 0. The van der Waals surface area contributed by atoms with E-state index in [0.29, 0.717) is 0 Å². The van der Waals surface area contributed by atoms with Crippen molar-refractivity contribution in [3.05, 3.63) is 263 Å². The molecule has 0 fully saturated rings. The lowest BCUT2D eigenvalue weighted by Crippen LogP contribution is -2.34. The van der Waals surface area contributed by atoms with Gasteiger partial charge in [0.1, 0.15) is 11.5 Å². The molecule has 9 aromatic rings. The third-order valence-corrected chi connectivity index (χ3v) is 12.1. The van der Waals surface area contributed by atoms with Gasteiger partial charge >= 0.3 is 0 Å². The predicted molar refractivity (Wildman–Crippen MR) is 225 cm³/mol. The summed E-state index contributed by atoms with van der Waals surface area (Å²) in [5, 5.41) is 2.50. The van der Waals surface area contributed by atoms with E-state index in [1.165, 1.54) is 55.3 Å².